The first kappa shape index (κ1) is 12.8. The molecular weight excluding hydrogens is 260 g/mol. The summed E-state index contributed by atoms with van der Waals surface area (Å²) in [5.41, 5.74) is 0.712. The fourth-order valence-electron chi connectivity index (χ4n) is 2.45. The van der Waals surface area contributed by atoms with Gasteiger partial charge in [-0.05, 0) is 18.6 Å². The molecule has 3 rings (SSSR count). The van der Waals surface area contributed by atoms with Gasteiger partial charge < -0.3 is 10.1 Å². The van der Waals surface area contributed by atoms with Gasteiger partial charge in [0.2, 0.25) is 5.91 Å². The number of imide groups is 1. The van der Waals surface area contributed by atoms with Crippen LogP contribution in [0.25, 0.3) is 0 Å². The van der Waals surface area contributed by atoms with Crippen molar-refractivity contribution in [2.75, 3.05) is 19.8 Å². The van der Waals surface area contributed by atoms with Crippen LogP contribution in [0, 0.1) is 0 Å². The molecule has 104 valence electrons. The molecule has 1 N–H and O–H groups in total. The van der Waals surface area contributed by atoms with Gasteiger partial charge in [-0.2, -0.15) is 0 Å². The van der Waals surface area contributed by atoms with E-state index in [1.807, 2.05) is 0 Å². The van der Waals surface area contributed by atoms with Crippen molar-refractivity contribution in [3.8, 4) is 0 Å². The molecule has 20 heavy (non-hydrogen) atoms. The van der Waals surface area contributed by atoms with Gasteiger partial charge in [0, 0.05) is 6.61 Å². The molecular formula is C14H14N2O4. The number of fused-ring (bicyclic) bond motifs is 1. The van der Waals surface area contributed by atoms with E-state index in [0.29, 0.717) is 24.3 Å². The molecule has 1 aromatic carbocycles. The van der Waals surface area contributed by atoms with Gasteiger partial charge in [-0.3, -0.25) is 19.3 Å². The zero-order valence-electron chi connectivity index (χ0n) is 10.8. The van der Waals surface area contributed by atoms with Gasteiger partial charge in [0.1, 0.15) is 6.54 Å². The van der Waals surface area contributed by atoms with Crippen LogP contribution in [0.15, 0.2) is 24.3 Å². The predicted octanol–water partition coefficient (Wildman–Crippen LogP) is 0.188. The Labute approximate surface area is 115 Å². The Morgan fingerprint density at radius 1 is 1.25 bits per heavy atom. The van der Waals surface area contributed by atoms with Crippen LogP contribution in [0.1, 0.15) is 27.1 Å². The number of nitrogens with one attached hydrogen (secondary N) is 1. The minimum atomic E-state index is -0.413. The topological polar surface area (TPSA) is 75.7 Å². The average molecular weight is 274 g/mol. The first-order valence-electron chi connectivity index (χ1n) is 6.49. The summed E-state index contributed by atoms with van der Waals surface area (Å²) in [6.07, 6.45) is 0.758. The van der Waals surface area contributed by atoms with Crippen molar-refractivity contribution in [1.82, 2.24) is 10.2 Å². The largest absolute Gasteiger partial charge is 0.379 e. The van der Waals surface area contributed by atoms with E-state index in [1.54, 1.807) is 24.3 Å². The molecule has 2 heterocycles. The molecule has 6 heteroatoms. The zero-order chi connectivity index (χ0) is 14.1. The molecule has 0 aliphatic carbocycles. The molecule has 0 spiro atoms. The van der Waals surface area contributed by atoms with E-state index >= 15 is 0 Å². The zero-order valence-corrected chi connectivity index (χ0v) is 10.8. The van der Waals surface area contributed by atoms with Gasteiger partial charge in [0.25, 0.3) is 11.8 Å². The Bertz CT molecular complexity index is 543. The number of hydrogen-bond acceptors (Lipinski definition) is 4. The van der Waals surface area contributed by atoms with Crippen LogP contribution in [0.2, 0.25) is 0 Å². The SMILES string of the molecule is O=C(CN1C(=O)c2ccccc2C1=O)NC1CCOC1. The van der Waals surface area contributed by atoms with Crippen molar-refractivity contribution >= 4 is 17.7 Å². The van der Waals surface area contributed by atoms with E-state index in [2.05, 4.69) is 5.32 Å². The number of benzene rings is 1. The molecule has 2 aliphatic heterocycles. The van der Waals surface area contributed by atoms with E-state index in [1.165, 1.54) is 0 Å². The highest BCUT2D eigenvalue weighted by molar-refractivity contribution is 6.22. The first-order valence-corrected chi connectivity index (χ1v) is 6.49. The molecule has 1 fully saturated rings. The number of carbonyl (C=O) groups is 3. The lowest BCUT2D eigenvalue weighted by Gasteiger charge is -2.15. The van der Waals surface area contributed by atoms with Crippen LogP contribution < -0.4 is 5.32 Å². The number of amides is 3. The summed E-state index contributed by atoms with van der Waals surface area (Å²) in [5.74, 6) is -1.16. The van der Waals surface area contributed by atoms with Crippen molar-refractivity contribution in [3.05, 3.63) is 35.4 Å². The minimum absolute atomic E-state index is 0.0299. The molecule has 6 nitrogen and oxygen atoms in total. The highest BCUT2D eigenvalue weighted by Crippen LogP contribution is 2.21. The van der Waals surface area contributed by atoms with Crippen LogP contribution >= 0.6 is 0 Å². The molecule has 1 atom stereocenters. The second kappa shape index (κ2) is 5.05. The lowest BCUT2D eigenvalue weighted by atomic mass is 10.1. The third-order valence-electron chi connectivity index (χ3n) is 3.47. The maximum absolute atomic E-state index is 12.1. The predicted molar refractivity (Wildman–Crippen MR) is 69.2 cm³/mol. The van der Waals surface area contributed by atoms with Gasteiger partial charge in [-0.1, -0.05) is 12.1 Å². The summed E-state index contributed by atoms with van der Waals surface area (Å²) in [7, 11) is 0. The molecule has 1 aromatic rings. The maximum Gasteiger partial charge on any atom is 0.262 e. The quantitative estimate of drug-likeness (QED) is 0.798. The summed E-state index contributed by atoms with van der Waals surface area (Å²) in [6, 6.07) is 6.56. The summed E-state index contributed by atoms with van der Waals surface area (Å²) < 4.78 is 5.16. The van der Waals surface area contributed by atoms with Gasteiger partial charge in [-0.15, -0.1) is 0 Å². The van der Waals surface area contributed by atoms with E-state index in [0.717, 1.165) is 11.3 Å². The number of hydrogen-bond donors (Lipinski definition) is 1. The Morgan fingerprint density at radius 3 is 2.45 bits per heavy atom. The minimum Gasteiger partial charge on any atom is -0.379 e. The molecule has 3 amide bonds. The normalized spacial score (nSPS) is 21.2. The summed E-state index contributed by atoms with van der Waals surface area (Å²) in [5, 5.41) is 2.76. The smallest absolute Gasteiger partial charge is 0.262 e. The number of ether oxygens (including phenoxy) is 1. The van der Waals surface area contributed by atoms with Gasteiger partial charge >= 0.3 is 0 Å². The molecule has 0 bridgehead atoms. The van der Waals surface area contributed by atoms with Crippen LogP contribution in [-0.2, 0) is 9.53 Å². The first-order chi connectivity index (χ1) is 9.66. The monoisotopic (exact) mass is 274 g/mol. The lowest BCUT2D eigenvalue weighted by Crippen LogP contribution is -2.44. The standard InChI is InChI=1S/C14H14N2O4/c17-12(15-9-5-6-20-8-9)7-16-13(18)10-3-1-2-4-11(10)14(16)19/h1-4,9H,5-8H2,(H,15,17). The second-order valence-corrected chi connectivity index (χ2v) is 4.87. The van der Waals surface area contributed by atoms with E-state index in [-0.39, 0.29) is 18.5 Å². The van der Waals surface area contributed by atoms with Gasteiger partial charge in [0.15, 0.2) is 0 Å². The van der Waals surface area contributed by atoms with E-state index < -0.39 is 11.8 Å². The summed E-state index contributed by atoms with van der Waals surface area (Å²) >= 11 is 0. The molecule has 0 radical (unpaired) electrons. The second-order valence-electron chi connectivity index (χ2n) is 4.87. The van der Waals surface area contributed by atoms with Crippen LogP contribution in [0.3, 0.4) is 0 Å². The Hall–Kier alpha value is -2.21. The van der Waals surface area contributed by atoms with Crippen LogP contribution in [-0.4, -0.2) is 48.4 Å². The van der Waals surface area contributed by atoms with Crippen molar-refractivity contribution in [2.45, 2.75) is 12.5 Å². The van der Waals surface area contributed by atoms with E-state index in [4.69, 9.17) is 4.74 Å². The van der Waals surface area contributed by atoms with E-state index in [9.17, 15) is 14.4 Å². The van der Waals surface area contributed by atoms with Crippen LogP contribution in [0.5, 0.6) is 0 Å². The lowest BCUT2D eigenvalue weighted by molar-refractivity contribution is -0.122. The summed E-state index contributed by atoms with van der Waals surface area (Å²) in [6.45, 7) is 0.856. The summed E-state index contributed by atoms with van der Waals surface area (Å²) in [4.78, 5) is 37.0. The van der Waals surface area contributed by atoms with Gasteiger partial charge in [0.05, 0.1) is 23.8 Å². The highest BCUT2D eigenvalue weighted by Gasteiger charge is 2.36. The van der Waals surface area contributed by atoms with Crippen LogP contribution in [0.4, 0.5) is 0 Å². The highest BCUT2D eigenvalue weighted by atomic mass is 16.5. The van der Waals surface area contributed by atoms with Gasteiger partial charge in [-0.25, -0.2) is 0 Å². The average Bonchev–Trinajstić information content (AvgIpc) is 3.03. The number of rotatable bonds is 3. The molecule has 0 saturated carbocycles. The Morgan fingerprint density at radius 2 is 1.90 bits per heavy atom. The Kier molecular flexibility index (Phi) is 3.23. The maximum atomic E-state index is 12.1. The fraction of sp³-hybridized carbons (Fsp3) is 0.357. The van der Waals surface area contributed by atoms with Crippen molar-refractivity contribution in [2.24, 2.45) is 0 Å². The third kappa shape index (κ3) is 2.18. The molecule has 0 aromatic heterocycles. The van der Waals surface area contributed by atoms with Crippen molar-refractivity contribution < 1.29 is 19.1 Å². The third-order valence-corrected chi connectivity index (χ3v) is 3.47. The Balaban J connectivity index is 1.68. The number of carbonyl (C=O) groups excluding carboxylic acids is 3. The molecule has 1 saturated heterocycles. The fourth-order valence-corrected chi connectivity index (χ4v) is 2.45. The van der Waals surface area contributed by atoms with Crippen molar-refractivity contribution in [3.63, 3.8) is 0 Å². The molecule has 1 unspecified atom stereocenters. The number of nitrogens with zero attached hydrogens (tertiary/aromatic N) is 1. The molecule has 2 aliphatic rings. The van der Waals surface area contributed by atoms with Crippen molar-refractivity contribution in [1.29, 1.82) is 0 Å².